The van der Waals surface area contributed by atoms with Crippen molar-refractivity contribution in [2.75, 3.05) is 0 Å². The van der Waals surface area contributed by atoms with Crippen molar-refractivity contribution in [2.45, 2.75) is 33.1 Å². The van der Waals surface area contributed by atoms with Crippen LogP contribution >= 0.6 is 0 Å². The van der Waals surface area contributed by atoms with E-state index in [0.717, 1.165) is 12.8 Å². The van der Waals surface area contributed by atoms with Crippen molar-refractivity contribution >= 4 is 5.97 Å². The van der Waals surface area contributed by atoms with Crippen molar-refractivity contribution < 1.29 is 15.0 Å². The number of aliphatic hydroxyl groups is 1. The highest BCUT2D eigenvalue weighted by Crippen LogP contribution is 2.39. The molecule has 0 aliphatic heterocycles. The van der Waals surface area contributed by atoms with Crippen LogP contribution in [0.15, 0.2) is 24.0 Å². The van der Waals surface area contributed by atoms with E-state index in [1.165, 1.54) is 6.08 Å². The number of rotatable bonds is 4. The number of allylic oxidation sites excluding steroid dienone is 2. The first-order valence-corrected chi connectivity index (χ1v) is 5.34. The van der Waals surface area contributed by atoms with Gasteiger partial charge in [0.2, 0.25) is 0 Å². The van der Waals surface area contributed by atoms with E-state index in [9.17, 15) is 15.0 Å². The summed E-state index contributed by atoms with van der Waals surface area (Å²) in [4.78, 5) is 11.3. The van der Waals surface area contributed by atoms with Crippen molar-refractivity contribution in [1.82, 2.24) is 0 Å². The Morgan fingerprint density at radius 1 is 1.67 bits per heavy atom. The molecule has 0 aromatic carbocycles. The number of aliphatic hydroxyl groups excluding tert-OH is 1. The van der Waals surface area contributed by atoms with Crippen molar-refractivity contribution in [2.24, 2.45) is 11.3 Å². The Morgan fingerprint density at radius 3 is 2.73 bits per heavy atom. The van der Waals surface area contributed by atoms with Crippen LogP contribution in [0.1, 0.15) is 33.1 Å². The highest BCUT2D eigenvalue weighted by molar-refractivity contribution is 5.78. The molecule has 1 rings (SSSR count). The second-order valence-electron chi connectivity index (χ2n) is 4.20. The van der Waals surface area contributed by atoms with E-state index in [0.29, 0.717) is 6.42 Å². The van der Waals surface area contributed by atoms with Gasteiger partial charge in [0.15, 0.2) is 0 Å². The van der Waals surface area contributed by atoms with Gasteiger partial charge >= 0.3 is 5.97 Å². The summed E-state index contributed by atoms with van der Waals surface area (Å²) in [5.41, 5.74) is -0.831. The van der Waals surface area contributed by atoms with Gasteiger partial charge in [-0.15, -0.1) is 0 Å². The van der Waals surface area contributed by atoms with E-state index in [4.69, 9.17) is 0 Å². The van der Waals surface area contributed by atoms with E-state index in [2.05, 4.69) is 0 Å². The first kappa shape index (κ1) is 11.8. The standard InChI is InChI=1S/C12H18O3/c1-3-4-9(2)12(11(14)15)7-5-10(13)6-8-12/h5-7,9,13H,3-4,8H2,1-2H3,(H,14,15). The normalized spacial score (nSPS) is 27.2. The maximum absolute atomic E-state index is 11.3. The van der Waals surface area contributed by atoms with Crippen LogP contribution in [0.3, 0.4) is 0 Å². The Morgan fingerprint density at radius 2 is 2.33 bits per heavy atom. The third kappa shape index (κ3) is 2.22. The zero-order valence-corrected chi connectivity index (χ0v) is 9.23. The van der Waals surface area contributed by atoms with Gasteiger partial charge in [-0.3, -0.25) is 4.79 Å². The number of hydrogen-bond donors (Lipinski definition) is 2. The highest BCUT2D eigenvalue weighted by Gasteiger charge is 2.41. The lowest BCUT2D eigenvalue weighted by Gasteiger charge is -2.33. The van der Waals surface area contributed by atoms with E-state index >= 15 is 0 Å². The number of carboxylic acid groups (broad SMARTS) is 1. The molecule has 0 bridgehead atoms. The summed E-state index contributed by atoms with van der Waals surface area (Å²) in [6, 6.07) is 0. The Kier molecular flexibility index (Phi) is 3.56. The van der Waals surface area contributed by atoms with E-state index in [-0.39, 0.29) is 11.7 Å². The molecule has 0 saturated heterocycles. The van der Waals surface area contributed by atoms with Crippen molar-refractivity contribution in [1.29, 1.82) is 0 Å². The lowest BCUT2D eigenvalue weighted by Crippen LogP contribution is -2.36. The second-order valence-corrected chi connectivity index (χ2v) is 4.20. The molecule has 1 aliphatic carbocycles. The summed E-state index contributed by atoms with van der Waals surface area (Å²) in [5, 5.41) is 18.5. The van der Waals surface area contributed by atoms with Gasteiger partial charge in [0.25, 0.3) is 0 Å². The molecule has 2 atom stereocenters. The van der Waals surface area contributed by atoms with Crippen molar-refractivity contribution in [3.63, 3.8) is 0 Å². The fraction of sp³-hybridized carbons (Fsp3) is 0.583. The quantitative estimate of drug-likeness (QED) is 0.750. The third-order valence-corrected chi connectivity index (χ3v) is 3.20. The zero-order valence-electron chi connectivity index (χ0n) is 9.23. The Hall–Kier alpha value is -1.25. The Balaban J connectivity index is 2.92. The van der Waals surface area contributed by atoms with Crippen LogP contribution in [0.5, 0.6) is 0 Å². The molecule has 0 aromatic rings. The first-order valence-electron chi connectivity index (χ1n) is 5.34. The highest BCUT2D eigenvalue weighted by atomic mass is 16.4. The minimum atomic E-state index is -0.831. The predicted molar refractivity (Wildman–Crippen MR) is 58.6 cm³/mol. The van der Waals surface area contributed by atoms with Gasteiger partial charge in [-0.05, 0) is 30.9 Å². The van der Waals surface area contributed by atoms with Crippen LogP contribution in [0.4, 0.5) is 0 Å². The largest absolute Gasteiger partial charge is 0.508 e. The summed E-state index contributed by atoms with van der Waals surface area (Å²) in [6.45, 7) is 4.00. The van der Waals surface area contributed by atoms with Crippen LogP contribution in [0, 0.1) is 11.3 Å². The smallest absolute Gasteiger partial charge is 0.314 e. The number of carboxylic acids is 1. The molecule has 0 fully saturated rings. The Labute approximate surface area is 90.1 Å². The van der Waals surface area contributed by atoms with Gasteiger partial charge < -0.3 is 10.2 Å². The van der Waals surface area contributed by atoms with Gasteiger partial charge in [0.05, 0.1) is 5.41 Å². The zero-order chi connectivity index (χ0) is 11.5. The predicted octanol–water partition coefficient (Wildman–Crippen LogP) is 2.90. The lowest BCUT2D eigenvalue weighted by atomic mass is 9.70. The average Bonchev–Trinajstić information content (AvgIpc) is 2.19. The monoisotopic (exact) mass is 210 g/mol. The van der Waals surface area contributed by atoms with Gasteiger partial charge in [-0.25, -0.2) is 0 Å². The van der Waals surface area contributed by atoms with Crippen molar-refractivity contribution in [3.05, 3.63) is 24.0 Å². The minimum Gasteiger partial charge on any atom is -0.508 e. The van der Waals surface area contributed by atoms with E-state index in [1.807, 2.05) is 13.8 Å². The molecule has 84 valence electrons. The first-order chi connectivity index (χ1) is 7.03. The molecule has 0 amide bonds. The molecule has 3 heteroatoms. The molecule has 1 aliphatic rings. The molecule has 0 radical (unpaired) electrons. The van der Waals surface area contributed by atoms with Crippen LogP contribution < -0.4 is 0 Å². The molecule has 2 N–H and O–H groups in total. The van der Waals surface area contributed by atoms with Crippen LogP contribution in [-0.2, 0) is 4.79 Å². The summed E-state index contributed by atoms with van der Waals surface area (Å²) >= 11 is 0. The molecule has 0 aromatic heterocycles. The van der Waals surface area contributed by atoms with E-state index < -0.39 is 11.4 Å². The molecule has 0 heterocycles. The van der Waals surface area contributed by atoms with Crippen LogP contribution in [0.2, 0.25) is 0 Å². The van der Waals surface area contributed by atoms with Gasteiger partial charge in [-0.1, -0.05) is 26.3 Å². The molecule has 0 saturated carbocycles. The lowest BCUT2D eigenvalue weighted by molar-refractivity contribution is -0.148. The van der Waals surface area contributed by atoms with E-state index in [1.54, 1.807) is 12.2 Å². The number of carbonyl (C=O) groups is 1. The maximum atomic E-state index is 11.3. The molecule has 2 unspecified atom stereocenters. The molecule has 15 heavy (non-hydrogen) atoms. The van der Waals surface area contributed by atoms with Crippen molar-refractivity contribution in [3.8, 4) is 0 Å². The van der Waals surface area contributed by atoms with Gasteiger partial charge in [0, 0.05) is 0 Å². The second kappa shape index (κ2) is 4.51. The van der Waals surface area contributed by atoms with Gasteiger partial charge in [-0.2, -0.15) is 0 Å². The summed E-state index contributed by atoms with van der Waals surface area (Å²) in [7, 11) is 0. The molecular weight excluding hydrogens is 192 g/mol. The van der Waals surface area contributed by atoms with Crippen LogP contribution in [-0.4, -0.2) is 16.2 Å². The SMILES string of the molecule is CCCC(C)C1(C(=O)O)C=CC(O)=CC1. The maximum Gasteiger partial charge on any atom is 0.314 e. The summed E-state index contributed by atoms with van der Waals surface area (Å²) in [6.07, 6.45) is 6.94. The topological polar surface area (TPSA) is 57.5 Å². The third-order valence-electron chi connectivity index (χ3n) is 3.20. The summed E-state index contributed by atoms with van der Waals surface area (Å²) in [5.74, 6) is -0.556. The minimum absolute atomic E-state index is 0.0839. The van der Waals surface area contributed by atoms with Crippen LogP contribution in [0.25, 0.3) is 0 Å². The Bertz CT molecular complexity index is 304. The van der Waals surface area contributed by atoms with Gasteiger partial charge in [0.1, 0.15) is 5.76 Å². The molecular formula is C12H18O3. The summed E-state index contributed by atoms with van der Waals surface area (Å²) < 4.78 is 0. The fourth-order valence-corrected chi connectivity index (χ4v) is 2.07. The fourth-order valence-electron chi connectivity index (χ4n) is 2.07. The average molecular weight is 210 g/mol. The molecule has 3 nitrogen and oxygen atoms in total. The molecule has 0 spiro atoms. The number of aliphatic carboxylic acids is 1. The number of hydrogen-bond acceptors (Lipinski definition) is 2.